The molecule has 3 rings (SSSR count). The van der Waals surface area contributed by atoms with Gasteiger partial charge in [-0.3, -0.25) is 9.59 Å². The predicted octanol–water partition coefficient (Wildman–Crippen LogP) is 0.936. The van der Waals surface area contributed by atoms with E-state index in [-0.39, 0.29) is 17.9 Å². The Morgan fingerprint density at radius 1 is 1.38 bits per heavy atom. The van der Waals surface area contributed by atoms with Gasteiger partial charge in [0.1, 0.15) is 11.5 Å². The maximum absolute atomic E-state index is 12.1. The topological polar surface area (TPSA) is 92.1 Å². The number of aromatic nitrogens is 4. The molecule has 0 unspecified atom stereocenters. The summed E-state index contributed by atoms with van der Waals surface area (Å²) in [6.45, 7) is 4.17. The van der Waals surface area contributed by atoms with Crippen LogP contribution in [0.15, 0.2) is 35.4 Å². The van der Waals surface area contributed by atoms with Gasteiger partial charge in [0.2, 0.25) is 5.91 Å². The summed E-state index contributed by atoms with van der Waals surface area (Å²) in [4.78, 5) is 34.8. The third kappa shape index (κ3) is 3.51. The highest BCUT2D eigenvalue weighted by molar-refractivity contribution is 5.78. The lowest BCUT2D eigenvalue weighted by atomic mass is 10.3. The second-order valence-corrected chi connectivity index (χ2v) is 5.74. The molecule has 0 radical (unpaired) electrons. The van der Waals surface area contributed by atoms with Crippen LogP contribution < -0.4 is 10.9 Å². The molecule has 0 atom stereocenters. The van der Waals surface area contributed by atoms with Gasteiger partial charge in [-0.1, -0.05) is 6.07 Å². The molecule has 1 amide bonds. The van der Waals surface area contributed by atoms with E-state index in [2.05, 4.69) is 20.3 Å². The molecule has 0 spiro atoms. The van der Waals surface area contributed by atoms with Crippen molar-refractivity contribution in [3.63, 3.8) is 0 Å². The van der Waals surface area contributed by atoms with Crippen LogP contribution in [0.2, 0.25) is 0 Å². The number of aryl methyl sites for hydroxylation is 2. The van der Waals surface area contributed by atoms with Gasteiger partial charge in [-0.2, -0.15) is 0 Å². The largest absolute Gasteiger partial charge is 0.355 e. The molecule has 0 fully saturated rings. The van der Waals surface area contributed by atoms with Gasteiger partial charge in [0.25, 0.3) is 5.56 Å². The Hall–Kier alpha value is -2.96. The van der Waals surface area contributed by atoms with E-state index >= 15 is 0 Å². The van der Waals surface area contributed by atoms with Gasteiger partial charge in [0, 0.05) is 37.1 Å². The van der Waals surface area contributed by atoms with E-state index in [1.54, 1.807) is 13.1 Å². The number of amides is 1. The first-order valence-electron chi connectivity index (χ1n) is 7.78. The summed E-state index contributed by atoms with van der Waals surface area (Å²) in [5, 5.41) is 2.85. The average molecular weight is 325 g/mol. The van der Waals surface area contributed by atoms with Crippen LogP contribution in [0.4, 0.5) is 0 Å². The van der Waals surface area contributed by atoms with Crippen LogP contribution in [0.3, 0.4) is 0 Å². The molecule has 7 nitrogen and oxygen atoms in total. The fourth-order valence-electron chi connectivity index (χ4n) is 2.64. The molecule has 124 valence electrons. The zero-order valence-corrected chi connectivity index (χ0v) is 13.7. The molecule has 3 aromatic rings. The fourth-order valence-corrected chi connectivity index (χ4v) is 2.64. The van der Waals surface area contributed by atoms with Crippen molar-refractivity contribution in [1.82, 2.24) is 24.7 Å². The van der Waals surface area contributed by atoms with Crippen molar-refractivity contribution in [1.29, 1.82) is 0 Å². The summed E-state index contributed by atoms with van der Waals surface area (Å²) in [5.74, 6) is 0.485. The van der Waals surface area contributed by atoms with E-state index < -0.39 is 0 Å². The van der Waals surface area contributed by atoms with Crippen LogP contribution in [0.1, 0.15) is 22.8 Å². The number of hydrogen-bond acceptors (Lipinski definition) is 4. The Balaban J connectivity index is 1.59. The first-order chi connectivity index (χ1) is 11.5. The lowest BCUT2D eigenvalue weighted by Gasteiger charge is -2.06. The summed E-state index contributed by atoms with van der Waals surface area (Å²) in [7, 11) is 0. The molecule has 2 N–H and O–H groups in total. The zero-order chi connectivity index (χ0) is 17.1. The Morgan fingerprint density at radius 3 is 3.00 bits per heavy atom. The summed E-state index contributed by atoms with van der Waals surface area (Å²) in [6.07, 6.45) is 4.36. The average Bonchev–Trinajstić information content (AvgIpc) is 2.91. The van der Waals surface area contributed by atoms with Crippen LogP contribution in [-0.2, 0) is 17.6 Å². The summed E-state index contributed by atoms with van der Waals surface area (Å²) in [6, 6.07) is 5.36. The van der Waals surface area contributed by atoms with Crippen LogP contribution in [0, 0.1) is 13.8 Å². The van der Waals surface area contributed by atoms with Gasteiger partial charge in [0.05, 0.1) is 12.1 Å². The van der Waals surface area contributed by atoms with Gasteiger partial charge in [-0.25, -0.2) is 9.97 Å². The monoisotopic (exact) mass is 325 g/mol. The van der Waals surface area contributed by atoms with Crippen LogP contribution in [-0.4, -0.2) is 31.8 Å². The zero-order valence-electron chi connectivity index (χ0n) is 13.7. The van der Waals surface area contributed by atoms with Crippen molar-refractivity contribution in [2.75, 3.05) is 6.54 Å². The highest BCUT2D eigenvalue weighted by Crippen LogP contribution is 2.11. The molecule has 0 aromatic carbocycles. The van der Waals surface area contributed by atoms with E-state index in [0.29, 0.717) is 24.5 Å². The summed E-state index contributed by atoms with van der Waals surface area (Å²) < 4.78 is 1.93. The van der Waals surface area contributed by atoms with Crippen molar-refractivity contribution >= 4 is 11.6 Å². The SMILES string of the molecule is Cc1cc(=O)[nH]c(CCNC(=O)Cc2cnc3c(C)cccn23)n1. The quantitative estimate of drug-likeness (QED) is 0.730. The number of nitrogens with one attached hydrogen (secondary N) is 2. The second kappa shape index (κ2) is 6.66. The minimum absolute atomic E-state index is 0.0895. The number of imidazole rings is 1. The Kier molecular flexibility index (Phi) is 4.41. The molecular formula is C17H19N5O2. The molecule has 0 saturated carbocycles. The normalized spacial score (nSPS) is 10.9. The Bertz CT molecular complexity index is 942. The molecule has 0 aliphatic rings. The lowest BCUT2D eigenvalue weighted by Crippen LogP contribution is -2.28. The molecule has 0 saturated heterocycles. The van der Waals surface area contributed by atoms with E-state index in [1.807, 2.05) is 29.7 Å². The van der Waals surface area contributed by atoms with Crippen LogP contribution in [0.25, 0.3) is 5.65 Å². The number of fused-ring (bicyclic) bond motifs is 1. The third-order valence-corrected chi connectivity index (χ3v) is 3.75. The van der Waals surface area contributed by atoms with Crippen molar-refractivity contribution in [3.8, 4) is 0 Å². The van der Waals surface area contributed by atoms with E-state index in [9.17, 15) is 9.59 Å². The van der Waals surface area contributed by atoms with E-state index in [0.717, 1.165) is 16.9 Å². The van der Waals surface area contributed by atoms with Gasteiger partial charge < -0.3 is 14.7 Å². The highest BCUT2D eigenvalue weighted by Gasteiger charge is 2.09. The third-order valence-electron chi connectivity index (χ3n) is 3.75. The highest BCUT2D eigenvalue weighted by atomic mass is 16.1. The molecule has 24 heavy (non-hydrogen) atoms. The van der Waals surface area contributed by atoms with E-state index in [1.165, 1.54) is 6.07 Å². The molecule has 0 bridgehead atoms. The van der Waals surface area contributed by atoms with Gasteiger partial charge >= 0.3 is 0 Å². The molecule has 0 aliphatic heterocycles. The molecule has 3 heterocycles. The summed E-state index contributed by atoms with van der Waals surface area (Å²) in [5.41, 5.74) is 3.26. The molecular weight excluding hydrogens is 306 g/mol. The number of rotatable bonds is 5. The first-order valence-corrected chi connectivity index (χ1v) is 7.78. The number of aromatic amines is 1. The molecule has 3 aromatic heterocycles. The van der Waals surface area contributed by atoms with Crippen molar-refractivity contribution in [2.45, 2.75) is 26.7 Å². The molecule has 0 aliphatic carbocycles. The van der Waals surface area contributed by atoms with Crippen LogP contribution in [0.5, 0.6) is 0 Å². The standard InChI is InChI=1S/C17H19N5O2/c1-11-4-3-7-22-13(10-19-17(11)22)9-15(23)18-6-5-14-20-12(2)8-16(24)21-14/h3-4,7-8,10H,5-6,9H2,1-2H3,(H,18,23)(H,20,21,24). The van der Waals surface area contributed by atoms with Crippen molar-refractivity contribution in [3.05, 3.63) is 63.7 Å². The van der Waals surface area contributed by atoms with Crippen molar-refractivity contribution in [2.24, 2.45) is 0 Å². The van der Waals surface area contributed by atoms with Gasteiger partial charge in [-0.05, 0) is 25.5 Å². The minimum atomic E-state index is -0.176. The first kappa shape index (κ1) is 15.9. The van der Waals surface area contributed by atoms with Crippen LogP contribution >= 0.6 is 0 Å². The number of nitrogens with zero attached hydrogens (tertiary/aromatic N) is 3. The smallest absolute Gasteiger partial charge is 0.251 e. The predicted molar refractivity (Wildman–Crippen MR) is 89.9 cm³/mol. The Labute approximate surface area is 138 Å². The summed E-state index contributed by atoms with van der Waals surface area (Å²) >= 11 is 0. The van der Waals surface area contributed by atoms with Crippen molar-refractivity contribution < 1.29 is 4.79 Å². The maximum atomic E-state index is 12.1. The van der Waals surface area contributed by atoms with Gasteiger partial charge in [0.15, 0.2) is 0 Å². The number of carbonyl (C=O) groups excluding carboxylic acids is 1. The van der Waals surface area contributed by atoms with Gasteiger partial charge in [-0.15, -0.1) is 0 Å². The minimum Gasteiger partial charge on any atom is -0.355 e. The maximum Gasteiger partial charge on any atom is 0.251 e. The fraction of sp³-hybridized carbons (Fsp3) is 0.294. The number of carbonyl (C=O) groups is 1. The second-order valence-electron chi connectivity index (χ2n) is 5.74. The number of H-pyrrole nitrogens is 1. The molecule has 7 heteroatoms. The Morgan fingerprint density at radius 2 is 2.21 bits per heavy atom. The van der Waals surface area contributed by atoms with E-state index in [4.69, 9.17) is 0 Å². The lowest BCUT2D eigenvalue weighted by molar-refractivity contribution is -0.120. The number of hydrogen-bond donors (Lipinski definition) is 2. The number of pyridine rings is 1.